The van der Waals surface area contributed by atoms with E-state index in [9.17, 15) is 0 Å². The van der Waals surface area contributed by atoms with Crippen molar-refractivity contribution in [2.24, 2.45) is 0 Å². The molecule has 17 heavy (non-hydrogen) atoms. The lowest BCUT2D eigenvalue weighted by Crippen LogP contribution is -2.20. The van der Waals surface area contributed by atoms with E-state index in [4.69, 9.17) is 5.26 Å². The van der Waals surface area contributed by atoms with E-state index in [0.717, 1.165) is 22.8 Å². The number of thioether (sulfide) groups is 1. The summed E-state index contributed by atoms with van der Waals surface area (Å²) in [5.74, 6) is 2.69. The lowest BCUT2D eigenvalue weighted by atomic mass is 10.1. The van der Waals surface area contributed by atoms with Crippen LogP contribution in [0.4, 0.5) is 5.82 Å². The molecule has 0 fully saturated rings. The molecule has 1 atom stereocenters. The molecular formula is C12H18N4S. The average Bonchev–Trinajstić information content (AvgIpc) is 2.32. The van der Waals surface area contributed by atoms with Gasteiger partial charge >= 0.3 is 0 Å². The molecule has 1 aromatic rings. The second-order valence-electron chi connectivity index (χ2n) is 3.95. The first-order valence-electron chi connectivity index (χ1n) is 5.68. The number of aromatic nitrogens is 2. The van der Waals surface area contributed by atoms with Gasteiger partial charge < -0.3 is 5.32 Å². The number of nitriles is 1. The summed E-state index contributed by atoms with van der Waals surface area (Å²) >= 11 is 1.86. The van der Waals surface area contributed by atoms with Crippen LogP contribution in [0, 0.1) is 25.2 Å². The van der Waals surface area contributed by atoms with Crippen LogP contribution in [0.2, 0.25) is 0 Å². The molecule has 0 amide bonds. The van der Waals surface area contributed by atoms with E-state index in [1.165, 1.54) is 0 Å². The third kappa shape index (κ3) is 3.60. The SMILES string of the molecule is CCSCC(C)Nc1nnc(C)c(C)c1C#N. The molecule has 0 bridgehead atoms. The monoisotopic (exact) mass is 250 g/mol. The molecule has 92 valence electrons. The zero-order valence-corrected chi connectivity index (χ0v) is 11.6. The highest BCUT2D eigenvalue weighted by atomic mass is 32.2. The Kier molecular flexibility index (Phi) is 5.23. The lowest BCUT2D eigenvalue weighted by Gasteiger charge is -2.15. The van der Waals surface area contributed by atoms with Gasteiger partial charge in [-0.2, -0.15) is 22.1 Å². The first-order valence-corrected chi connectivity index (χ1v) is 6.83. The normalized spacial score (nSPS) is 11.9. The Morgan fingerprint density at radius 2 is 2.12 bits per heavy atom. The fourth-order valence-electron chi connectivity index (χ4n) is 1.42. The van der Waals surface area contributed by atoms with Crippen LogP contribution >= 0.6 is 11.8 Å². The number of nitrogens with one attached hydrogen (secondary N) is 1. The van der Waals surface area contributed by atoms with Crippen molar-refractivity contribution in [2.45, 2.75) is 33.7 Å². The lowest BCUT2D eigenvalue weighted by molar-refractivity contribution is 0.869. The van der Waals surface area contributed by atoms with Crippen LogP contribution in [0.5, 0.6) is 0 Å². The van der Waals surface area contributed by atoms with Gasteiger partial charge in [-0.1, -0.05) is 6.92 Å². The predicted molar refractivity (Wildman–Crippen MR) is 72.3 cm³/mol. The maximum absolute atomic E-state index is 9.15. The van der Waals surface area contributed by atoms with E-state index < -0.39 is 0 Å². The molecule has 5 heteroatoms. The van der Waals surface area contributed by atoms with Crippen LogP contribution in [0.1, 0.15) is 30.7 Å². The summed E-state index contributed by atoms with van der Waals surface area (Å²) in [7, 11) is 0. The van der Waals surface area contributed by atoms with Crippen molar-refractivity contribution >= 4 is 17.6 Å². The third-order valence-corrected chi connectivity index (χ3v) is 3.67. The third-order valence-electron chi connectivity index (χ3n) is 2.52. The van der Waals surface area contributed by atoms with Gasteiger partial charge in [-0.05, 0) is 32.1 Å². The zero-order chi connectivity index (χ0) is 12.8. The van der Waals surface area contributed by atoms with Gasteiger partial charge in [-0.3, -0.25) is 0 Å². The van der Waals surface area contributed by atoms with Gasteiger partial charge in [0.25, 0.3) is 0 Å². The van der Waals surface area contributed by atoms with Crippen LogP contribution in [0.3, 0.4) is 0 Å². The van der Waals surface area contributed by atoms with Crippen LogP contribution in [-0.4, -0.2) is 27.7 Å². The highest BCUT2D eigenvalue weighted by Gasteiger charge is 2.12. The molecule has 0 aromatic carbocycles. The van der Waals surface area contributed by atoms with Gasteiger partial charge in [-0.15, -0.1) is 5.10 Å². The van der Waals surface area contributed by atoms with E-state index in [0.29, 0.717) is 11.4 Å². The molecule has 4 nitrogen and oxygen atoms in total. The Hall–Kier alpha value is -1.28. The molecule has 1 unspecified atom stereocenters. The van der Waals surface area contributed by atoms with Crippen molar-refractivity contribution in [2.75, 3.05) is 16.8 Å². The van der Waals surface area contributed by atoms with Gasteiger partial charge in [-0.25, -0.2) is 0 Å². The van der Waals surface area contributed by atoms with Crippen molar-refractivity contribution in [3.8, 4) is 6.07 Å². The van der Waals surface area contributed by atoms with E-state index in [-0.39, 0.29) is 6.04 Å². The second-order valence-corrected chi connectivity index (χ2v) is 5.27. The van der Waals surface area contributed by atoms with Crippen molar-refractivity contribution < 1.29 is 0 Å². The standard InChI is InChI=1S/C12H18N4S/c1-5-17-7-8(2)14-12-11(6-13)9(3)10(4)15-16-12/h8H,5,7H2,1-4H3,(H,14,16). The fraction of sp³-hybridized carbons (Fsp3) is 0.583. The zero-order valence-electron chi connectivity index (χ0n) is 10.7. The van der Waals surface area contributed by atoms with Gasteiger partial charge in [0.1, 0.15) is 11.6 Å². The Labute approximate surface area is 107 Å². The molecule has 1 rings (SSSR count). The maximum atomic E-state index is 9.15. The van der Waals surface area contributed by atoms with Gasteiger partial charge in [0.2, 0.25) is 0 Å². The first kappa shape index (κ1) is 13.8. The Morgan fingerprint density at radius 1 is 1.41 bits per heavy atom. The topological polar surface area (TPSA) is 61.6 Å². The molecule has 0 aliphatic rings. The molecule has 1 N–H and O–H groups in total. The molecule has 0 saturated carbocycles. The molecule has 0 spiro atoms. The number of hydrogen-bond donors (Lipinski definition) is 1. The second kappa shape index (κ2) is 6.45. The summed E-state index contributed by atoms with van der Waals surface area (Å²) in [6, 6.07) is 2.48. The number of anilines is 1. The Morgan fingerprint density at radius 3 is 2.71 bits per heavy atom. The van der Waals surface area contributed by atoms with Crippen LogP contribution in [0.25, 0.3) is 0 Å². The fourth-order valence-corrected chi connectivity index (χ4v) is 2.09. The summed E-state index contributed by atoms with van der Waals surface area (Å²) in [6.07, 6.45) is 0. The minimum atomic E-state index is 0.281. The minimum Gasteiger partial charge on any atom is -0.364 e. The average molecular weight is 250 g/mol. The van der Waals surface area contributed by atoms with E-state index in [1.807, 2.05) is 25.6 Å². The predicted octanol–water partition coefficient (Wildman–Crippen LogP) is 2.52. The minimum absolute atomic E-state index is 0.281. The summed E-state index contributed by atoms with van der Waals surface area (Å²) in [6.45, 7) is 7.98. The molecular weight excluding hydrogens is 232 g/mol. The Bertz CT molecular complexity index is 425. The summed E-state index contributed by atoms with van der Waals surface area (Å²) < 4.78 is 0. The number of rotatable bonds is 5. The summed E-state index contributed by atoms with van der Waals surface area (Å²) in [5, 5.41) is 20.5. The largest absolute Gasteiger partial charge is 0.364 e. The van der Waals surface area contributed by atoms with Crippen LogP contribution < -0.4 is 5.32 Å². The number of nitrogens with zero attached hydrogens (tertiary/aromatic N) is 3. The molecule has 1 aromatic heterocycles. The smallest absolute Gasteiger partial charge is 0.167 e. The van der Waals surface area contributed by atoms with Crippen molar-refractivity contribution in [1.29, 1.82) is 5.26 Å². The highest BCUT2D eigenvalue weighted by molar-refractivity contribution is 7.99. The molecule has 0 saturated heterocycles. The van der Waals surface area contributed by atoms with Gasteiger partial charge in [0.05, 0.1) is 5.69 Å². The van der Waals surface area contributed by atoms with E-state index >= 15 is 0 Å². The van der Waals surface area contributed by atoms with Crippen molar-refractivity contribution in [1.82, 2.24) is 10.2 Å². The number of aryl methyl sites for hydroxylation is 1. The number of hydrogen-bond acceptors (Lipinski definition) is 5. The van der Waals surface area contributed by atoms with Gasteiger partial charge in [0.15, 0.2) is 5.82 Å². The Balaban J connectivity index is 2.85. The molecule has 1 heterocycles. The first-order chi connectivity index (χ1) is 8.10. The maximum Gasteiger partial charge on any atom is 0.167 e. The van der Waals surface area contributed by atoms with Gasteiger partial charge in [0, 0.05) is 11.8 Å². The van der Waals surface area contributed by atoms with Crippen LogP contribution in [-0.2, 0) is 0 Å². The summed E-state index contributed by atoms with van der Waals surface area (Å²) in [5.41, 5.74) is 2.31. The van der Waals surface area contributed by atoms with E-state index in [1.54, 1.807) is 0 Å². The van der Waals surface area contributed by atoms with Crippen LogP contribution in [0.15, 0.2) is 0 Å². The molecule has 0 radical (unpaired) electrons. The molecule has 0 aliphatic heterocycles. The van der Waals surface area contributed by atoms with E-state index in [2.05, 4.69) is 35.4 Å². The van der Waals surface area contributed by atoms with Crippen molar-refractivity contribution in [3.05, 3.63) is 16.8 Å². The van der Waals surface area contributed by atoms with Crippen molar-refractivity contribution in [3.63, 3.8) is 0 Å². The molecule has 0 aliphatic carbocycles. The summed E-state index contributed by atoms with van der Waals surface area (Å²) in [4.78, 5) is 0. The quantitative estimate of drug-likeness (QED) is 0.870. The highest BCUT2D eigenvalue weighted by Crippen LogP contribution is 2.18.